The molecule has 0 radical (unpaired) electrons. The summed E-state index contributed by atoms with van der Waals surface area (Å²) in [5, 5.41) is 4.43. The van der Waals surface area contributed by atoms with Gasteiger partial charge in [0.25, 0.3) is 0 Å². The van der Waals surface area contributed by atoms with E-state index in [-0.39, 0.29) is 91.9 Å². The minimum Gasteiger partial charge on any atom is -0.532 e. The largest absolute Gasteiger partial charge is 2.00 e. The summed E-state index contributed by atoms with van der Waals surface area (Å²) in [7, 11) is 1.51. The number of hydrogen-bond acceptors (Lipinski definition) is 2. The van der Waals surface area contributed by atoms with Crippen LogP contribution >= 0.6 is 0 Å². The molecule has 0 unspecified atom stereocenters. The van der Waals surface area contributed by atoms with Crippen molar-refractivity contribution in [2.24, 2.45) is 0 Å². The third-order valence-corrected chi connectivity index (χ3v) is 0.351. The average molecular weight is 669 g/mol. The van der Waals surface area contributed by atoms with E-state index in [0.29, 0.717) is 6.54 Å². The Hall–Kier alpha value is 1.04. The minimum absolute atomic E-state index is 0. The third-order valence-electron chi connectivity index (χ3n) is 0.351. The van der Waals surface area contributed by atoms with E-state index in [0.717, 1.165) is 0 Å². The van der Waals surface area contributed by atoms with Crippen LogP contribution in [-0.4, -0.2) is 26.4 Å². The molecule has 0 aliphatic carbocycles. The number of nitrogens with one attached hydrogen (secondary N) is 2. The topological polar surface area (TPSA) is 58.2 Å². The molecule has 0 atom stereocenters. The predicted octanol–water partition coefficient (Wildman–Crippen LogP) is 1.29. The van der Waals surface area contributed by atoms with Crippen LogP contribution in [0.4, 0.5) is 0 Å². The van der Waals surface area contributed by atoms with E-state index in [1.54, 1.807) is 0 Å². The molecule has 0 saturated carbocycles. The van der Waals surface area contributed by atoms with Gasteiger partial charge in [0.2, 0.25) is 0 Å². The standard InChI is InChI=1S/C3H6NO.C2H4NO.3CH4.CH3.2U/c1-2-4-3-5;1-3-2-4;;;;;;/h2H2,1H3,(H,4,5);1H3,(H,3,4);3*1H4;1H3;;/q2*-1;;;;-1;;+2. The molecule has 0 aliphatic heterocycles. The van der Waals surface area contributed by atoms with Crippen LogP contribution in [0.3, 0.4) is 0 Å². The molecule has 4 nitrogen and oxygen atoms in total. The summed E-state index contributed by atoms with van der Waals surface area (Å²) in [5.41, 5.74) is 0. The van der Waals surface area contributed by atoms with Gasteiger partial charge in [-0.05, 0) is 13.6 Å². The van der Waals surface area contributed by atoms with Gasteiger partial charge in [-0.15, -0.1) is 0 Å². The summed E-state index contributed by atoms with van der Waals surface area (Å²) < 4.78 is 0. The number of hydrogen-bond donors (Lipinski definition) is 2. The summed E-state index contributed by atoms with van der Waals surface area (Å²) in [6.45, 7) is 2.51. The molecule has 92 valence electrons. The van der Waals surface area contributed by atoms with E-state index in [1.807, 2.05) is 6.92 Å². The van der Waals surface area contributed by atoms with Gasteiger partial charge in [-0.2, -0.15) is 12.8 Å². The Morgan fingerprint density at radius 1 is 1.07 bits per heavy atom. The predicted molar refractivity (Wildman–Crippen MR) is 60.7 cm³/mol. The number of amides is 2. The smallest absolute Gasteiger partial charge is 0.532 e. The summed E-state index contributed by atoms with van der Waals surface area (Å²) >= 11 is 0. The van der Waals surface area contributed by atoms with Crippen molar-refractivity contribution >= 4 is 12.8 Å². The fourth-order valence-electron chi connectivity index (χ4n) is 0.0722. The van der Waals surface area contributed by atoms with Gasteiger partial charge in [-0.25, -0.2) is 0 Å². The maximum absolute atomic E-state index is 9.17. The molecule has 0 heterocycles. The zero-order chi connectivity index (χ0) is 7.54. The minimum atomic E-state index is 0. The van der Waals surface area contributed by atoms with Gasteiger partial charge < -0.3 is 27.6 Å². The molecular weight excluding hydrogens is 644 g/mol. The molecule has 0 aliphatic rings. The monoisotopic (exact) mass is 669 g/mol. The Kier molecular flexibility index (Phi) is 304. The molecule has 6 heteroatoms. The van der Waals surface area contributed by atoms with Crippen molar-refractivity contribution in [1.29, 1.82) is 0 Å². The van der Waals surface area contributed by atoms with Crippen molar-refractivity contribution < 1.29 is 71.8 Å². The van der Waals surface area contributed by atoms with Crippen LogP contribution in [0.1, 0.15) is 29.2 Å². The Morgan fingerprint density at radius 3 is 1.33 bits per heavy atom. The molecule has 0 aromatic carbocycles. The first-order valence-electron chi connectivity index (χ1n) is 2.47. The van der Waals surface area contributed by atoms with E-state index < -0.39 is 0 Å². The quantitative estimate of drug-likeness (QED) is 0.352. The van der Waals surface area contributed by atoms with Gasteiger partial charge in [0, 0.05) is 31.1 Å². The van der Waals surface area contributed by atoms with E-state index in [4.69, 9.17) is 9.59 Å². The van der Waals surface area contributed by atoms with Crippen molar-refractivity contribution in [2.75, 3.05) is 13.6 Å². The van der Waals surface area contributed by atoms with Crippen LogP contribution in [-0.2, 0) is 9.59 Å². The maximum atomic E-state index is 9.17. The molecular formula is C9H25N2O2U2-. The molecule has 0 rings (SSSR count). The zero-order valence-electron chi connectivity index (χ0n) is 7.52. The van der Waals surface area contributed by atoms with Gasteiger partial charge >= 0.3 is 31.1 Å². The molecule has 0 bridgehead atoms. The van der Waals surface area contributed by atoms with E-state index in [9.17, 15) is 0 Å². The molecule has 0 spiro atoms. The van der Waals surface area contributed by atoms with Crippen molar-refractivity contribution in [3.8, 4) is 0 Å². The summed E-state index contributed by atoms with van der Waals surface area (Å²) in [4.78, 5) is 18.1. The first kappa shape index (κ1) is 56.1. The van der Waals surface area contributed by atoms with Crippen LogP contribution in [0, 0.1) is 69.7 Å². The van der Waals surface area contributed by atoms with E-state index in [1.165, 1.54) is 19.9 Å². The molecule has 2 amide bonds. The summed E-state index contributed by atoms with van der Waals surface area (Å²) in [5.74, 6) is 0. The Labute approximate surface area is 144 Å². The van der Waals surface area contributed by atoms with Gasteiger partial charge in [0.1, 0.15) is 0 Å². The molecule has 0 aromatic heterocycles. The molecule has 0 saturated heterocycles. The van der Waals surface area contributed by atoms with Gasteiger partial charge in [-0.1, -0.05) is 29.2 Å². The van der Waals surface area contributed by atoms with E-state index in [2.05, 4.69) is 10.6 Å². The zero-order valence-corrected chi connectivity index (χ0v) is 15.9. The van der Waals surface area contributed by atoms with Crippen molar-refractivity contribution in [1.82, 2.24) is 10.6 Å². The van der Waals surface area contributed by atoms with Crippen LogP contribution < -0.4 is 10.6 Å². The van der Waals surface area contributed by atoms with Gasteiger partial charge in [-0.3, -0.25) is 0 Å². The normalized spacial score (nSPS) is 3.60. The van der Waals surface area contributed by atoms with Crippen molar-refractivity contribution in [2.45, 2.75) is 29.2 Å². The summed E-state index contributed by atoms with van der Waals surface area (Å²) in [6.07, 6.45) is 2.95. The van der Waals surface area contributed by atoms with Crippen LogP contribution in [0.2, 0.25) is 0 Å². The average Bonchev–Trinajstić information content (AvgIpc) is 1.91. The van der Waals surface area contributed by atoms with Crippen LogP contribution in [0.25, 0.3) is 0 Å². The number of rotatable bonds is 3. The van der Waals surface area contributed by atoms with Gasteiger partial charge in [0.05, 0.1) is 0 Å². The third kappa shape index (κ3) is 157. The second kappa shape index (κ2) is 81.2. The number of carbonyl (C=O) groups excluding carboxylic acids is 2. The van der Waals surface area contributed by atoms with Crippen molar-refractivity contribution in [3.05, 3.63) is 7.43 Å². The first-order valence-corrected chi connectivity index (χ1v) is 2.47. The van der Waals surface area contributed by atoms with Gasteiger partial charge in [0.15, 0.2) is 0 Å². The SMILES string of the molecule is C.C.C.CCN[C-]=O.CN[C-]=O.[CH3-].[U+2].[U]. The second-order valence-corrected chi connectivity index (χ2v) is 0.984. The molecule has 0 fully saturated rings. The fraction of sp³-hybridized carbons (Fsp3) is 0.667. The molecule has 2 N–H and O–H groups in total. The first-order chi connectivity index (χ1) is 4.33. The molecule has 15 heavy (non-hydrogen) atoms. The van der Waals surface area contributed by atoms with E-state index >= 15 is 0 Å². The fourth-order valence-corrected chi connectivity index (χ4v) is 0.0722. The Bertz CT molecular complexity index is 77.1. The van der Waals surface area contributed by atoms with Crippen molar-refractivity contribution in [3.63, 3.8) is 0 Å². The Morgan fingerprint density at radius 2 is 1.33 bits per heavy atom. The van der Waals surface area contributed by atoms with Crippen LogP contribution in [0.15, 0.2) is 0 Å². The summed E-state index contributed by atoms with van der Waals surface area (Å²) in [6, 6.07) is 0. The second-order valence-electron chi connectivity index (χ2n) is 0.984. The Balaban J connectivity index is -0.00000000785. The van der Waals surface area contributed by atoms with Crippen LogP contribution in [0.5, 0.6) is 0 Å². The molecule has 0 aromatic rings. The maximum Gasteiger partial charge on any atom is 2.00 e.